The van der Waals surface area contributed by atoms with Crippen molar-refractivity contribution in [3.8, 4) is 22.3 Å². The Kier molecular flexibility index (Phi) is 6.08. The quantitative estimate of drug-likeness (QED) is 0.244. The molecule has 0 aliphatic carbocycles. The average molecular weight is 463 g/mol. The fraction of sp³-hybridized carbons (Fsp3) is 0.273. The van der Waals surface area contributed by atoms with E-state index in [1.165, 1.54) is 64.7 Å². The monoisotopic (exact) mass is 462 g/mol. The van der Waals surface area contributed by atoms with Crippen molar-refractivity contribution in [2.75, 3.05) is 0 Å². The maximum Gasteiger partial charge on any atom is 0.0358 e. The Hall–Kier alpha value is -2.90. The average Bonchev–Trinajstić information content (AvgIpc) is 3.22. The Morgan fingerprint density at radius 2 is 1.32 bits per heavy atom. The van der Waals surface area contributed by atoms with Crippen LogP contribution in [0.4, 0.5) is 0 Å². The molecule has 0 aliphatic rings. The lowest BCUT2D eigenvalue weighted by Crippen LogP contribution is -2.01. The molecule has 172 valence electrons. The SMILES string of the molecule is CCC(C)c1ccccc1-c1c(C)ccc(C)c1-c1ccc2sc3ccccc3c2c1C(C)C. The number of hydrogen-bond donors (Lipinski definition) is 0. The highest BCUT2D eigenvalue weighted by Gasteiger charge is 2.23. The molecule has 0 radical (unpaired) electrons. The smallest absolute Gasteiger partial charge is 0.0358 e. The van der Waals surface area contributed by atoms with Crippen molar-refractivity contribution in [3.63, 3.8) is 0 Å². The lowest BCUT2D eigenvalue weighted by Gasteiger charge is -2.24. The second-order valence-electron chi connectivity index (χ2n) is 10.00. The summed E-state index contributed by atoms with van der Waals surface area (Å²) in [5.41, 5.74) is 11.2. The standard InChI is InChI=1S/C33H34S/c1-7-21(4)24-12-8-9-13-25(24)31-22(5)16-17-23(6)32(31)27-18-19-29-33(30(27)20(2)3)26-14-10-11-15-28(26)34-29/h8-21H,7H2,1-6H3. The molecule has 0 saturated heterocycles. The third-order valence-corrected chi connectivity index (χ3v) is 8.56. The molecule has 1 unspecified atom stereocenters. The third-order valence-electron chi connectivity index (χ3n) is 7.43. The third kappa shape index (κ3) is 3.67. The number of hydrogen-bond acceptors (Lipinski definition) is 1. The van der Waals surface area contributed by atoms with Gasteiger partial charge in [0.2, 0.25) is 0 Å². The van der Waals surface area contributed by atoms with Crippen molar-refractivity contribution in [1.29, 1.82) is 0 Å². The normalized spacial score (nSPS) is 12.7. The van der Waals surface area contributed by atoms with E-state index in [1.54, 1.807) is 0 Å². The van der Waals surface area contributed by atoms with Crippen LogP contribution in [0, 0.1) is 13.8 Å². The van der Waals surface area contributed by atoms with Crippen LogP contribution >= 0.6 is 11.3 Å². The maximum atomic E-state index is 2.39. The first-order valence-electron chi connectivity index (χ1n) is 12.6. The lowest BCUT2D eigenvalue weighted by molar-refractivity contribution is 0.735. The van der Waals surface area contributed by atoms with Gasteiger partial charge in [-0.25, -0.2) is 0 Å². The van der Waals surface area contributed by atoms with Crippen LogP contribution in [-0.4, -0.2) is 0 Å². The van der Waals surface area contributed by atoms with E-state index in [1.807, 2.05) is 11.3 Å². The molecule has 1 heterocycles. The summed E-state index contributed by atoms with van der Waals surface area (Å²) in [4.78, 5) is 0. The Morgan fingerprint density at radius 3 is 2.03 bits per heavy atom. The van der Waals surface area contributed by atoms with Crippen LogP contribution in [0.15, 0.2) is 72.8 Å². The number of thiophene rings is 1. The Bertz CT molecular complexity index is 1500. The first-order valence-corrected chi connectivity index (χ1v) is 13.4. The predicted octanol–water partition coefficient (Wildman–Crippen LogP) is 10.6. The van der Waals surface area contributed by atoms with E-state index in [0.717, 1.165) is 6.42 Å². The zero-order valence-corrected chi connectivity index (χ0v) is 22.0. The van der Waals surface area contributed by atoms with E-state index < -0.39 is 0 Å². The molecule has 0 bridgehead atoms. The van der Waals surface area contributed by atoms with Crippen LogP contribution in [0.1, 0.15) is 68.2 Å². The van der Waals surface area contributed by atoms with E-state index in [9.17, 15) is 0 Å². The molecular formula is C33H34S. The summed E-state index contributed by atoms with van der Waals surface area (Å²) in [6.45, 7) is 13.9. The molecular weight excluding hydrogens is 428 g/mol. The molecule has 0 aliphatic heterocycles. The molecule has 0 N–H and O–H groups in total. The highest BCUT2D eigenvalue weighted by molar-refractivity contribution is 7.25. The molecule has 1 heteroatoms. The van der Waals surface area contributed by atoms with Gasteiger partial charge in [0.1, 0.15) is 0 Å². The van der Waals surface area contributed by atoms with Gasteiger partial charge in [0, 0.05) is 20.2 Å². The van der Waals surface area contributed by atoms with Gasteiger partial charge in [-0.1, -0.05) is 88.4 Å². The largest absolute Gasteiger partial charge is 0.135 e. The summed E-state index contributed by atoms with van der Waals surface area (Å²) in [7, 11) is 0. The summed E-state index contributed by atoms with van der Waals surface area (Å²) in [6.07, 6.45) is 1.14. The molecule has 4 aromatic carbocycles. The van der Waals surface area contributed by atoms with Crippen LogP contribution < -0.4 is 0 Å². The summed E-state index contributed by atoms with van der Waals surface area (Å²) >= 11 is 1.91. The minimum Gasteiger partial charge on any atom is -0.135 e. The van der Waals surface area contributed by atoms with Crippen LogP contribution in [0.5, 0.6) is 0 Å². The lowest BCUT2D eigenvalue weighted by atomic mass is 9.80. The molecule has 1 atom stereocenters. The molecule has 5 aromatic rings. The van der Waals surface area contributed by atoms with Gasteiger partial charge in [0.15, 0.2) is 0 Å². The fourth-order valence-corrected chi connectivity index (χ4v) is 6.66. The minimum atomic E-state index is 0.425. The van der Waals surface area contributed by atoms with Gasteiger partial charge >= 0.3 is 0 Å². The molecule has 1 aromatic heterocycles. The van der Waals surface area contributed by atoms with Gasteiger partial charge in [0.05, 0.1) is 0 Å². The van der Waals surface area contributed by atoms with Crippen molar-refractivity contribution >= 4 is 31.5 Å². The van der Waals surface area contributed by atoms with Gasteiger partial charge in [-0.15, -0.1) is 11.3 Å². The van der Waals surface area contributed by atoms with Gasteiger partial charge in [-0.3, -0.25) is 0 Å². The van der Waals surface area contributed by atoms with Crippen molar-refractivity contribution in [3.05, 3.63) is 95.1 Å². The summed E-state index contributed by atoms with van der Waals surface area (Å²) in [5, 5.41) is 2.83. The molecule has 0 spiro atoms. The second-order valence-corrected chi connectivity index (χ2v) is 11.1. The number of fused-ring (bicyclic) bond motifs is 3. The highest BCUT2D eigenvalue weighted by Crippen LogP contribution is 2.47. The molecule has 0 nitrogen and oxygen atoms in total. The van der Waals surface area contributed by atoms with Crippen LogP contribution in [0.25, 0.3) is 42.4 Å². The van der Waals surface area contributed by atoms with Crippen molar-refractivity contribution in [1.82, 2.24) is 0 Å². The zero-order valence-electron chi connectivity index (χ0n) is 21.2. The van der Waals surface area contributed by atoms with E-state index in [2.05, 4.69) is 114 Å². The van der Waals surface area contributed by atoms with Crippen molar-refractivity contribution in [2.24, 2.45) is 0 Å². The van der Waals surface area contributed by atoms with E-state index in [-0.39, 0.29) is 0 Å². The molecule has 5 rings (SSSR count). The summed E-state index contributed by atoms with van der Waals surface area (Å²) in [5.74, 6) is 0.950. The fourth-order valence-electron chi connectivity index (χ4n) is 5.54. The topological polar surface area (TPSA) is 0 Å². The van der Waals surface area contributed by atoms with Gasteiger partial charge in [-0.05, 0) is 88.7 Å². The first kappa shape index (κ1) is 22.9. The number of benzene rings is 4. The minimum absolute atomic E-state index is 0.425. The predicted molar refractivity (Wildman–Crippen MR) is 152 cm³/mol. The molecule has 0 saturated carbocycles. The summed E-state index contributed by atoms with van der Waals surface area (Å²) in [6, 6.07) is 27.3. The van der Waals surface area contributed by atoms with Crippen LogP contribution in [0.2, 0.25) is 0 Å². The van der Waals surface area contributed by atoms with Crippen LogP contribution in [-0.2, 0) is 0 Å². The van der Waals surface area contributed by atoms with Crippen LogP contribution in [0.3, 0.4) is 0 Å². The molecule has 34 heavy (non-hydrogen) atoms. The van der Waals surface area contributed by atoms with Crippen molar-refractivity contribution in [2.45, 2.75) is 59.8 Å². The number of rotatable bonds is 5. The van der Waals surface area contributed by atoms with E-state index in [4.69, 9.17) is 0 Å². The maximum absolute atomic E-state index is 2.39. The Morgan fingerprint density at radius 1 is 0.676 bits per heavy atom. The van der Waals surface area contributed by atoms with Crippen molar-refractivity contribution < 1.29 is 0 Å². The Labute approximate surface area is 208 Å². The van der Waals surface area contributed by atoms with Gasteiger partial charge < -0.3 is 0 Å². The second kappa shape index (κ2) is 9.04. The molecule has 0 amide bonds. The van der Waals surface area contributed by atoms with Gasteiger partial charge in [-0.2, -0.15) is 0 Å². The van der Waals surface area contributed by atoms with E-state index >= 15 is 0 Å². The van der Waals surface area contributed by atoms with E-state index in [0.29, 0.717) is 11.8 Å². The Balaban J connectivity index is 1.90. The number of aryl methyl sites for hydroxylation is 2. The first-order chi connectivity index (χ1) is 16.4. The summed E-state index contributed by atoms with van der Waals surface area (Å²) < 4.78 is 2.76. The van der Waals surface area contributed by atoms with Gasteiger partial charge in [0.25, 0.3) is 0 Å². The molecule has 0 fully saturated rings. The highest BCUT2D eigenvalue weighted by atomic mass is 32.1. The zero-order chi connectivity index (χ0) is 24.0.